The minimum Gasteiger partial charge on any atom is -0.493 e. The van der Waals surface area contributed by atoms with Crippen LogP contribution in [0.2, 0.25) is 0 Å². The van der Waals surface area contributed by atoms with Crippen LogP contribution in [0, 0.1) is 0 Å². The molecule has 9 heteroatoms. The van der Waals surface area contributed by atoms with Crippen molar-refractivity contribution in [2.75, 3.05) is 28.4 Å². The van der Waals surface area contributed by atoms with Crippen LogP contribution >= 0.6 is 11.3 Å². The van der Waals surface area contributed by atoms with Gasteiger partial charge in [-0.25, -0.2) is 9.79 Å². The van der Waals surface area contributed by atoms with E-state index in [2.05, 4.69) is 18.8 Å². The Bertz CT molecular complexity index is 1520. The number of esters is 1. The first kappa shape index (κ1) is 26.2. The van der Waals surface area contributed by atoms with Crippen LogP contribution in [0.25, 0.3) is 6.08 Å². The minimum atomic E-state index is -0.660. The van der Waals surface area contributed by atoms with Gasteiger partial charge < -0.3 is 18.9 Å². The Morgan fingerprint density at radius 3 is 2.16 bits per heavy atom. The number of rotatable bonds is 7. The van der Waals surface area contributed by atoms with Crippen LogP contribution in [0.1, 0.15) is 49.4 Å². The van der Waals surface area contributed by atoms with Gasteiger partial charge in [0.25, 0.3) is 5.56 Å². The average Bonchev–Trinajstić information content (AvgIpc) is 3.20. The highest BCUT2D eigenvalue weighted by Gasteiger charge is 2.33. The van der Waals surface area contributed by atoms with E-state index in [0.29, 0.717) is 49.3 Å². The Labute approximate surface area is 219 Å². The number of benzene rings is 2. The van der Waals surface area contributed by atoms with Gasteiger partial charge in [0.15, 0.2) is 16.3 Å². The third-order valence-corrected chi connectivity index (χ3v) is 7.31. The summed E-state index contributed by atoms with van der Waals surface area (Å²) in [5.41, 5.74) is 3.26. The highest BCUT2D eigenvalue weighted by Crippen LogP contribution is 2.38. The molecule has 1 aliphatic heterocycles. The zero-order valence-electron chi connectivity index (χ0n) is 21.9. The maximum atomic E-state index is 13.8. The molecule has 1 atom stereocenters. The zero-order chi connectivity index (χ0) is 26.9. The first-order valence-corrected chi connectivity index (χ1v) is 12.6. The molecule has 37 heavy (non-hydrogen) atoms. The summed E-state index contributed by atoms with van der Waals surface area (Å²) in [5, 5.41) is 0. The molecule has 194 valence electrons. The number of methoxy groups -OCH3 is 4. The molecule has 0 spiro atoms. The lowest BCUT2D eigenvalue weighted by Gasteiger charge is -2.24. The van der Waals surface area contributed by atoms with Crippen molar-refractivity contribution in [1.29, 1.82) is 0 Å². The van der Waals surface area contributed by atoms with Crippen LogP contribution in [0.4, 0.5) is 0 Å². The van der Waals surface area contributed by atoms with E-state index in [4.69, 9.17) is 18.9 Å². The van der Waals surface area contributed by atoms with Crippen molar-refractivity contribution in [2.45, 2.75) is 32.7 Å². The van der Waals surface area contributed by atoms with Gasteiger partial charge in [0.2, 0.25) is 5.75 Å². The smallest absolute Gasteiger partial charge is 0.338 e. The van der Waals surface area contributed by atoms with Crippen molar-refractivity contribution in [2.24, 2.45) is 4.99 Å². The molecule has 2 heterocycles. The Kier molecular flexibility index (Phi) is 7.54. The Balaban J connectivity index is 1.94. The van der Waals surface area contributed by atoms with Crippen molar-refractivity contribution >= 4 is 23.4 Å². The fourth-order valence-electron chi connectivity index (χ4n) is 4.41. The molecule has 0 saturated heterocycles. The first-order valence-electron chi connectivity index (χ1n) is 11.7. The molecule has 1 aliphatic rings. The summed E-state index contributed by atoms with van der Waals surface area (Å²) in [6, 6.07) is 10.8. The zero-order valence-corrected chi connectivity index (χ0v) is 22.8. The van der Waals surface area contributed by atoms with Gasteiger partial charge in [-0.2, -0.15) is 0 Å². The largest absolute Gasteiger partial charge is 0.493 e. The fraction of sp³-hybridized carbons (Fsp3) is 0.321. The quantitative estimate of drug-likeness (QED) is 0.441. The van der Waals surface area contributed by atoms with Gasteiger partial charge >= 0.3 is 5.97 Å². The predicted octanol–water partition coefficient (Wildman–Crippen LogP) is 3.56. The van der Waals surface area contributed by atoms with Crippen molar-refractivity contribution < 1.29 is 23.7 Å². The summed E-state index contributed by atoms with van der Waals surface area (Å²) in [6.07, 6.45) is 1.75. The second-order valence-corrected chi connectivity index (χ2v) is 9.86. The topological polar surface area (TPSA) is 88.4 Å². The van der Waals surface area contributed by atoms with E-state index in [1.165, 1.54) is 45.3 Å². The Morgan fingerprint density at radius 2 is 1.65 bits per heavy atom. The molecule has 0 saturated carbocycles. The third-order valence-electron chi connectivity index (χ3n) is 6.33. The van der Waals surface area contributed by atoms with Crippen LogP contribution < -0.4 is 29.1 Å². The number of thiazole rings is 1. The van der Waals surface area contributed by atoms with E-state index >= 15 is 0 Å². The molecule has 1 unspecified atom stereocenters. The monoisotopic (exact) mass is 522 g/mol. The SMILES string of the molecule is COC(=O)C1=C(C)N=c2s/c(=C\c3cc(OC)c(OC)c(OC)c3)c(=O)n2C1c1ccc(C(C)C)cc1. The molecule has 0 aliphatic carbocycles. The molecule has 0 fully saturated rings. The number of fused-ring (bicyclic) bond motifs is 1. The Morgan fingerprint density at radius 1 is 1.03 bits per heavy atom. The summed E-state index contributed by atoms with van der Waals surface area (Å²) in [4.78, 5) is 31.8. The number of aromatic nitrogens is 1. The van der Waals surface area contributed by atoms with Crippen LogP contribution in [0.3, 0.4) is 0 Å². The summed E-state index contributed by atoms with van der Waals surface area (Å²) < 4.78 is 23.4. The molecule has 2 aromatic carbocycles. The molecule has 0 N–H and O–H groups in total. The maximum Gasteiger partial charge on any atom is 0.338 e. The summed E-state index contributed by atoms with van der Waals surface area (Å²) >= 11 is 1.25. The number of ether oxygens (including phenoxy) is 4. The number of hydrogen-bond donors (Lipinski definition) is 0. The highest BCUT2D eigenvalue weighted by molar-refractivity contribution is 7.07. The summed E-state index contributed by atoms with van der Waals surface area (Å²) in [6.45, 7) is 5.99. The second kappa shape index (κ2) is 10.6. The molecule has 0 amide bonds. The van der Waals surface area contributed by atoms with Crippen molar-refractivity contribution in [3.05, 3.63) is 84.0 Å². The molecule has 8 nitrogen and oxygen atoms in total. The van der Waals surface area contributed by atoms with Crippen LogP contribution in [0.15, 0.2) is 57.5 Å². The van der Waals surface area contributed by atoms with Gasteiger partial charge in [0.1, 0.15) is 0 Å². The molecule has 0 bridgehead atoms. The number of carbonyl (C=O) groups is 1. The molecule has 1 aromatic heterocycles. The van der Waals surface area contributed by atoms with Crippen LogP contribution in [-0.2, 0) is 9.53 Å². The molecule has 4 rings (SSSR count). The van der Waals surface area contributed by atoms with Crippen LogP contribution in [-0.4, -0.2) is 39.0 Å². The van der Waals surface area contributed by atoms with Gasteiger partial charge in [0, 0.05) is 0 Å². The lowest BCUT2D eigenvalue weighted by molar-refractivity contribution is -0.136. The lowest BCUT2D eigenvalue weighted by atomic mass is 9.93. The van der Waals surface area contributed by atoms with Crippen LogP contribution in [0.5, 0.6) is 17.2 Å². The normalized spacial score (nSPS) is 15.4. The van der Waals surface area contributed by atoms with E-state index in [0.717, 1.165) is 5.56 Å². The highest BCUT2D eigenvalue weighted by atomic mass is 32.1. The number of hydrogen-bond acceptors (Lipinski definition) is 8. The van der Waals surface area contributed by atoms with Gasteiger partial charge in [-0.05, 0) is 47.7 Å². The minimum absolute atomic E-state index is 0.260. The van der Waals surface area contributed by atoms with E-state index in [1.807, 2.05) is 24.3 Å². The van der Waals surface area contributed by atoms with E-state index in [9.17, 15) is 9.59 Å². The first-order chi connectivity index (χ1) is 17.7. The Hall–Kier alpha value is -3.85. The standard InChI is InChI=1S/C28H30N2O6S/c1-15(2)18-8-10-19(11-9-18)24-23(27(32)36-7)16(3)29-28-30(24)26(31)22(37-28)14-17-12-20(33-4)25(35-6)21(13-17)34-5/h8-15,24H,1-7H3/b22-14-. The van der Waals surface area contributed by atoms with Gasteiger partial charge in [0.05, 0.1) is 50.3 Å². The molecular formula is C28H30N2O6S. The van der Waals surface area contributed by atoms with E-state index in [-0.39, 0.29) is 5.56 Å². The summed E-state index contributed by atoms with van der Waals surface area (Å²) in [5.74, 6) is 1.26. The van der Waals surface area contributed by atoms with E-state index in [1.54, 1.807) is 29.7 Å². The lowest BCUT2D eigenvalue weighted by Crippen LogP contribution is -2.39. The molecule has 0 radical (unpaired) electrons. The second-order valence-electron chi connectivity index (χ2n) is 8.85. The van der Waals surface area contributed by atoms with E-state index < -0.39 is 12.0 Å². The third kappa shape index (κ3) is 4.79. The average molecular weight is 523 g/mol. The van der Waals surface area contributed by atoms with Crippen molar-refractivity contribution in [3.8, 4) is 17.2 Å². The fourth-order valence-corrected chi connectivity index (χ4v) is 5.45. The molecule has 3 aromatic rings. The van der Waals surface area contributed by atoms with Crippen molar-refractivity contribution in [1.82, 2.24) is 4.57 Å². The summed E-state index contributed by atoms with van der Waals surface area (Å²) in [7, 11) is 5.94. The number of allylic oxidation sites excluding steroid dienone is 1. The number of nitrogens with zero attached hydrogens (tertiary/aromatic N) is 2. The predicted molar refractivity (Wildman–Crippen MR) is 142 cm³/mol. The maximum absolute atomic E-state index is 13.8. The van der Waals surface area contributed by atoms with Gasteiger partial charge in [-0.15, -0.1) is 0 Å². The van der Waals surface area contributed by atoms with Gasteiger partial charge in [-0.1, -0.05) is 49.4 Å². The van der Waals surface area contributed by atoms with Crippen molar-refractivity contribution in [3.63, 3.8) is 0 Å². The molecular weight excluding hydrogens is 492 g/mol. The van der Waals surface area contributed by atoms with Gasteiger partial charge in [-0.3, -0.25) is 9.36 Å². The number of carbonyl (C=O) groups excluding carboxylic acids is 1.